The fourth-order valence-corrected chi connectivity index (χ4v) is 2.72. The lowest BCUT2D eigenvalue weighted by Crippen LogP contribution is -2.30. The monoisotopic (exact) mass is 424 g/mol. The Morgan fingerprint density at radius 1 is 1.27 bits per heavy atom. The van der Waals surface area contributed by atoms with Crippen LogP contribution in [-0.4, -0.2) is 36.3 Å². The number of methoxy groups -OCH3 is 2. The Hall–Kier alpha value is -2.88. The smallest absolute Gasteiger partial charge is 0.325 e. The molecule has 26 heavy (non-hydrogen) atoms. The zero-order valence-corrected chi connectivity index (χ0v) is 15.9. The number of hydrogen-bond acceptors (Lipinski definition) is 6. The minimum atomic E-state index is -0.620. The number of hydrazone groups is 1. The summed E-state index contributed by atoms with van der Waals surface area (Å²) in [7, 11) is 3.00. The molecule has 0 aliphatic heterocycles. The number of carbonyl (C=O) groups is 1. The van der Waals surface area contributed by atoms with Gasteiger partial charge in [0.15, 0.2) is 11.5 Å². The van der Waals surface area contributed by atoms with Gasteiger partial charge in [0.05, 0.1) is 26.9 Å². The van der Waals surface area contributed by atoms with E-state index in [0.29, 0.717) is 22.8 Å². The van der Waals surface area contributed by atoms with E-state index in [0.717, 1.165) is 4.47 Å². The number of halogens is 1. The molecule has 0 aliphatic rings. The molecule has 1 amide bonds. The number of ether oxygens (including phenoxy) is 2. The van der Waals surface area contributed by atoms with Gasteiger partial charge in [-0.2, -0.15) is 5.10 Å². The SMILES string of the molecule is COc1cc(Br)cc(/C=N\NC(=O)Cc2c(C)[nH]c(=O)[nH]c2=O)c1OC. The van der Waals surface area contributed by atoms with Crippen LogP contribution in [-0.2, 0) is 11.2 Å². The summed E-state index contributed by atoms with van der Waals surface area (Å²) in [4.78, 5) is 39.4. The Balaban J connectivity index is 2.14. The molecular weight excluding hydrogens is 408 g/mol. The van der Waals surface area contributed by atoms with Crippen molar-refractivity contribution >= 4 is 28.1 Å². The van der Waals surface area contributed by atoms with Crippen molar-refractivity contribution in [1.82, 2.24) is 15.4 Å². The van der Waals surface area contributed by atoms with Crippen LogP contribution >= 0.6 is 15.9 Å². The summed E-state index contributed by atoms with van der Waals surface area (Å²) in [5.41, 5.74) is 2.18. The van der Waals surface area contributed by atoms with Gasteiger partial charge in [-0.05, 0) is 19.1 Å². The highest BCUT2D eigenvalue weighted by Gasteiger charge is 2.12. The van der Waals surface area contributed by atoms with Crippen LogP contribution in [0.15, 0.2) is 31.3 Å². The number of aryl methyl sites for hydroxylation is 1. The number of hydrogen-bond donors (Lipinski definition) is 3. The number of nitrogens with one attached hydrogen (secondary N) is 3. The lowest BCUT2D eigenvalue weighted by molar-refractivity contribution is -0.120. The van der Waals surface area contributed by atoms with Gasteiger partial charge in [0.25, 0.3) is 5.56 Å². The van der Waals surface area contributed by atoms with Crippen molar-refractivity contribution in [1.29, 1.82) is 0 Å². The third kappa shape index (κ3) is 4.60. The number of H-pyrrole nitrogens is 2. The van der Waals surface area contributed by atoms with Gasteiger partial charge < -0.3 is 14.5 Å². The summed E-state index contributed by atoms with van der Waals surface area (Å²) < 4.78 is 11.3. The van der Waals surface area contributed by atoms with Crippen LogP contribution < -0.4 is 26.1 Å². The van der Waals surface area contributed by atoms with Gasteiger partial charge in [-0.3, -0.25) is 14.6 Å². The molecule has 1 aromatic heterocycles. The third-order valence-electron chi connectivity index (χ3n) is 3.46. The highest BCUT2D eigenvalue weighted by molar-refractivity contribution is 9.10. The van der Waals surface area contributed by atoms with Gasteiger partial charge in [-0.1, -0.05) is 15.9 Å². The highest BCUT2D eigenvalue weighted by atomic mass is 79.9. The van der Waals surface area contributed by atoms with Crippen LogP contribution in [0.4, 0.5) is 0 Å². The molecule has 0 radical (unpaired) electrons. The van der Waals surface area contributed by atoms with Crippen LogP contribution in [0.5, 0.6) is 11.5 Å². The molecule has 0 saturated heterocycles. The van der Waals surface area contributed by atoms with Crippen molar-refractivity contribution in [2.24, 2.45) is 5.10 Å². The van der Waals surface area contributed by atoms with Crippen molar-refractivity contribution in [2.75, 3.05) is 14.2 Å². The lowest BCUT2D eigenvalue weighted by atomic mass is 10.1. The molecule has 138 valence electrons. The number of aromatic nitrogens is 2. The number of rotatable bonds is 6. The van der Waals surface area contributed by atoms with Gasteiger partial charge in [-0.25, -0.2) is 10.2 Å². The molecule has 2 rings (SSSR count). The Bertz CT molecular complexity index is 964. The second-order valence-electron chi connectivity index (χ2n) is 5.21. The normalized spacial score (nSPS) is 10.8. The molecule has 9 nitrogen and oxygen atoms in total. The minimum absolute atomic E-state index is 0.166. The largest absolute Gasteiger partial charge is 0.493 e. The van der Waals surface area contributed by atoms with E-state index in [9.17, 15) is 14.4 Å². The summed E-state index contributed by atoms with van der Waals surface area (Å²) in [5, 5.41) is 3.87. The fourth-order valence-electron chi connectivity index (χ4n) is 2.27. The molecule has 0 aliphatic carbocycles. The number of amides is 1. The Morgan fingerprint density at radius 2 is 2.00 bits per heavy atom. The first-order valence-electron chi connectivity index (χ1n) is 7.41. The molecule has 1 heterocycles. The first-order chi connectivity index (χ1) is 12.3. The maximum absolute atomic E-state index is 12.0. The number of nitrogens with zero attached hydrogens (tertiary/aromatic N) is 1. The highest BCUT2D eigenvalue weighted by Crippen LogP contribution is 2.33. The Morgan fingerprint density at radius 3 is 2.62 bits per heavy atom. The van der Waals surface area contributed by atoms with Crippen LogP contribution in [0.2, 0.25) is 0 Å². The first kappa shape index (κ1) is 19.4. The van der Waals surface area contributed by atoms with Gasteiger partial charge in [0.1, 0.15) is 0 Å². The average Bonchev–Trinajstić information content (AvgIpc) is 2.57. The standard InChI is InChI=1S/C16H17BrN4O5/c1-8-11(15(23)20-16(24)19-8)6-13(22)21-18-7-9-4-10(17)5-12(25-2)14(9)26-3/h4-5,7H,6H2,1-3H3,(H,21,22)(H2,19,20,23,24)/b18-7-. The summed E-state index contributed by atoms with van der Waals surface area (Å²) in [6.07, 6.45) is 1.17. The van der Waals surface area contributed by atoms with Crippen molar-refractivity contribution in [3.8, 4) is 11.5 Å². The van der Waals surface area contributed by atoms with Crippen molar-refractivity contribution in [2.45, 2.75) is 13.3 Å². The quantitative estimate of drug-likeness (QED) is 0.467. The van der Waals surface area contributed by atoms with E-state index >= 15 is 0 Å². The first-order valence-corrected chi connectivity index (χ1v) is 8.20. The van der Waals surface area contributed by atoms with E-state index in [1.165, 1.54) is 20.4 Å². The summed E-state index contributed by atoms with van der Waals surface area (Å²) >= 11 is 3.35. The number of benzene rings is 1. The summed E-state index contributed by atoms with van der Waals surface area (Å²) in [5.74, 6) is 0.453. The van der Waals surface area contributed by atoms with E-state index in [2.05, 4.69) is 36.4 Å². The Labute approximate surface area is 156 Å². The maximum atomic E-state index is 12.0. The van der Waals surface area contributed by atoms with E-state index in [1.54, 1.807) is 19.1 Å². The second-order valence-corrected chi connectivity index (χ2v) is 6.13. The molecule has 2 aromatic rings. The lowest BCUT2D eigenvalue weighted by Gasteiger charge is -2.10. The van der Waals surface area contributed by atoms with Crippen LogP contribution in [0.25, 0.3) is 0 Å². The van der Waals surface area contributed by atoms with Crippen LogP contribution in [0.1, 0.15) is 16.8 Å². The minimum Gasteiger partial charge on any atom is -0.493 e. The predicted octanol–water partition coefficient (Wildman–Crippen LogP) is 0.844. The van der Waals surface area contributed by atoms with Crippen molar-refractivity contribution < 1.29 is 14.3 Å². The van der Waals surface area contributed by atoms with E-state index < -0.39 is 17.2 Å². The van der Waals surface area contributed by atoms with Gasteiger partial charge in [0.2, 0.25) is 5.91 Å². The van der Waals surface area contributed by atoms with Crippen LogP contribution in [0, 0.1) is 6.92 Å². The third-order valence-corrected chi connectivity index (χ3v) is 3.92. The molecule has 0 fully saturated rings. The number of aromatic amines is 2. The van der Waals surface area contributed by atoms with Gasteiger partial charge in [-0.15, -0.1) is 0 Å². The van der Waals surface area contributed by atoms with Crippen molar-refractivity contribution in [3.63, 3.8) is 0 Å². The molecular formula is C16H17BrN4O5. The van der Waals surface area contributed by atoms with Gasteiger partial charge in [0, 0.05) is 21.3 Å². The van der Waals surface area contributed by atoms with Gasteiger partial charge >= 0.3 is 5.69 Å². The topological polar surface area (TPSA) is 126 Å². The molecule has 0 unspecified atom stereocenters. The molecule has 1 aromatic carbocycles. The number of carbonyl (C=O) groups excluding carboxylic acids is 1. The average molecular weight is 425 g/mol. The zero-order valence-electron chi connectivity index (χ0n) is 14.3. The molecule has 0 atom stereocenters. The molecule has 0 spiro atoms. The van der Waals surface area contributed by atoms with Crippen molar-refractivity contribution in [3.05, 3.63) is 54.3 Å². The Kier molecular flexibility index (Phi) is 6.34. The fraction of sp³-hybridized carbons (Fsp3) is 0.250. The second kappa shape index (κ2) is 8.48. The van der Waals surface area contributed by atoms with E-state index in [4.69, 9.17) is 9.47 Å². The van der Waals surface area contributed by atoms with E-state index in [1.807, 2.05) is 0 Å². The maximum Gasteiger partial charge on any atom is 0.325 e. The summed E-state index contributed by atoms with van der Waals surface area (Å²) in [6, 6.07) is 3.48. The summed E-state index contributed by atoms with van der Waals surface area (Å²) in [6.45, 7) is 1.54. The molecule has 10 heteroatoms. The predicted molar refractivity (Wildman–Crippen MR) is 99.1 cm³/mol. The van der Waals surface area contributed by atoms with Crippen LogP contribution in [0.3, 0.4) is 0 Å². The molecule has 0 saturated carbocycles. The molecule has 3 N–H and O–H groups in total. The molecule has 0 bridgehead atoms. The zero-order chi connectivity index (χ0) is 19.3. The van der Waals surface area contributed by atoms with E-state index in [-0.39, 0.29) is 12.0 Å².